The highest BCUT2D eigenvalue weighted by Crippen LogP contribution is 2.24. The Kier molecular flexibility index (Phi) is 4.58. The molecular formula is C17H19BrN2O. The highest BCUT2D eigenvalue weighted by Gasteiger charge is 2.21. The molecule has 0 radical (unpaired) electrons. The third kappa shape index (κ3) is 3.84. The third-order valence-corrected chi connectivity index (χ3v) is 4.28. The number of ether oxygens (including phenoxy) is 1. The van der Waals surface area contributed by atoms with Crippen molar-refractivity contribution in [3.05, 3.63) is 64.1 Å². The molecule has 21 heavy (non-hydrogen) atoms. The van der Waals surface area contributed by atoms with E-state index in [-0.39, 0.29) is 6.10 Å². The van der Waals surface area contributed by atoms with Crippen molar-refractivity contribution < 1.29 is 4.74 Å². The van der Waals surface area contributed by atoms with Gasteiger partial charge in [0, 0.05) is 29.8 Å². The molecule has 2 N–H and O–H groups in total. The average Bonchev–Trinajstić information content (AvgIpc) is 2.48. The Balaban J connectivity index is 1.67. The van der Waals surface area contributed by atoms with E-state index in [0.717, 1.165) is 36.4 Å². The molecule has 0 aromatic heterocycles. The second-order valence-electron chi connectivity index (χ2n) is 5.39. The number of nitrogen functional groups attached to an aromatic ring is 1. The standard InChI is InChI=1S/C17H19BrN2O/c18-15-6-4-14(5-7-15)17-12-20(8-9-21-17)11-13-2-1-3-16(19)10-13/h1-7,10,17H,8-9,11-12,19H2. The Hall–Kier alpha value is -1.36. The zero-order chi connectivity index (χ0) is 14.7. The molecule has 3 nitrogen and oxygen atoms in total. The number of hydrogen-bond acceptors (Lipinski definition) is 3. The second-order valence-corrected chi connectivity index (χ2v) is 6.31. The van der Waals surface area contributed by atoms with Crippen LogP contribution in [0.1, 0.15) is 17.2 Å². The summed E-state index contributed by atoms with van der Waals surface area (Å²) in [6.45, 7) is 3.56. The number of anilines is 1. The van der Waals surface area contributed by atoms with Crippen LogP contribution in [0.15, 0.2) is 53.0 Å². The highest BCUT2D eigenvalue weighted by molar-refractivity contribution is 9.10. The Morgan fingerprint density at radius 1 is 1.19 bits per heavy atom. The third-order valence-electron chi connectivity index (χ3n) is 3.75. The van der Waals surface area contributed by atoms with Crippen molar-refractivity contribution in [2.24, 2.45) is 0 Å². The van der Waals surface area contributed by atoms with Crippen LogP contribution < -0.4 is 5.73 Å². The van der Waals surface area contributed by atoms with Crippen molar-refractivity contribution in [3.63, 3.8) is 0 Å². The van der Waals surface area contributed by atoms with Gasteiger partial charge in [-0.3, -0.25) is 4.90 Å². The molecule has 3 rings (SSSR count). The highest BCUT2D eigenvalue weighted by atomic mass is 79.9. The minimum absolute atomic E-state index is 0.146. The summed E-state index contributed by atoms with van der Waals surface area (Å²) in [6.07, 6.45) is 0.146. The monoisotopic (exact) mass is 346 g/mol. The maximum atomic E-state index is 5.91. The van der Waals surface area contributed by atoms with Gasteiger partial charge in [0.2, 0.25) is 0 Å². The first kappa shape index (κ1) is 14.6. The summed E-state index contributed by atoms with van der Waals surface area (Å²) in [7, 11) is 0. The maximum Gasteiger partial charge on any atom is 0.0952 e. The predicted octanol–water partition coefficient (Wildman–Crippen LogP) is 3.60. The van der Waals surface area contributed by atoms with Gasteiger partial charge in [0.25, 0.3) is 0 Å². The van der Waals surface area contributed by atoms with E-state index in [9.17, 15) is 0 Å². The van der Waals surface area contributed by atoms with E-state index < -0.39 is 0 Å². The lowest BCUT2D eigenvalue weighted by atomic mass is 10.1. The maximum absolute atomic E-state index is 5.91. The van der Waals surface area contributed by atoms with Crippen molar-refractivity contribution in [2.45, 2.75) is 12.6 Å². The summed E-state index contributed by atoms with van der Waals surface area (Å²) < 4.78 is 7.01. The molecule has 1 saturated heterocycles. The molecule has 110 valence electrons. The van der Waals surface area contributed by atoms with Gasteiger partial charge in [0.05, 0.1) is 12.7 Å². The second kappa shape index (κ2) is 6.60. The largest absolute Gasteiger partial charge is 0.399 e. The number of hydrogen-bond donors (Lipinski definition) is 1. The summed E-state index contributed by atoms with van der Waals surface area (Å²) in [5.74, 6) is 0. The van der Waals surface area contributed by atoms with Crippen LogP contribution in [-0.2, 0) is 11.3 Å². The molecule has 0 bridgehead atoms. The van der Waals surface area contributed by atoms with Gasteiger partial charge in [0.15, 0.2) is 0 Å². The molecule has 2 aromatic rings. The van der Waals surface area contributed by atoms with Crippen LogP contribution in [0, 0.1) is 0 Å². The first-order valence-electron chi connectivity index (χ1n) is 7.14. The summed E-state index contributed by atoms with van der Waals surface area (Å²) in [6, 6.07) is 16.5. The molecule has 0 amide bonds. The van der Waals surface area contributed by atoms with Crippen molar-refractivity contribution in [1.82, 2.24) is 4.90 Å². The fraction of sp³-hybridized carbons (Fsp3) is 0.294. The van der Waals surface area contributed by atoms with E-state index in [4.69, 9.17) is 10.5 Å². The number of morpholine rings is 1. The Bertz CT molecular complexity index is 600. The predicted molar refractivity (Wildman–Crippen MR) is 89.0 cm³/mol. The van der Waals surface area contributed by atoms with Gasteiger partial charge in [-0.1, -0.05) is 40.2 Å². The lowest BCUT2D eigenvalue weighted by Gasteiger charge is -2.33. The topological polar surface area (TPSA) is 38.5 Å². The molecular weight excluding hydrogens is 328 g/mol. The molecule has 0 aliphatic carbocycles. The van der Waals surface area contributed by atoms with Gasteiger partial charge in [0.1, 0.15) is 0 Å². The van der Waals surface area contributed by atoms with Crippen LogP contribution in [0.3, 0.4) is 0 Å². The molecule has 1 aliphatic heterocycles. The smallest absolute Gasteiger partial charge is 0.0952 e. The zero-order valence-corrected chi connectivity index (χ0v) is 13.4. The van der Waals surface area contributed by atoms with Gasteiger partial charge >= 0.3 is 0 Å². The first-order chi connectivity index (χ1) is 10.2. The van der Waals surface area contributed by atoms with Gasteiger partial charge < -0.3 is 10.5 Å². The number of benzene rings is 2. The molecule has 0 saturated carbocycles. The van der Waals surface area contributed by atoms with E-state index in [2.05, 4.69) is 51.2 Å². The van der Waals surface area contributed by atoms with Crippen molar-refractivity contribution >= 4 is 21.6 Å². The Morgan fingerprint density at radius 3 is 2.76 bits per heavy atom. The molecule has 1 fully saturated rings. The minimum Gasteiger partial charge on any atom is -0.399 e. The summed E-state index contributed by atoms with van der Waals surface area (Å²) in [5.41, 5.74) is 9.16. The van der Waals surface area contributed by atoms with Gasteiger partial charge in [-0.25, -0.2) is 0 Å². The SMILES string of the molecule is Nc1cccc(CN2CCOC(c3ccc(Br)cc3)C2)c1. The molecule has 2 aromatic carbocycles. The first-order valence-corrected chi connectivity index (χ1v) is 7.94. The average molecular weight is 347 g/mol. The number of nitrogens with zero attached hydrogens (tertiary/aromatic N) is 1. The van der Waals surface area contributed by atoms with Crippen molar-refractivity contribution in [2.75, 3.05) is 25.4 Å². The van der Waals surface area contributed by atoms with Crippen LogP contribution in [-0.4, -0.2) is 24.6 Å². The van der Waals surface area contributed by atoms with Crippen LogP contribution >= 0.6 is 15.9 Å². The summed E-state index contributed by atoms with van der Waals surface area (Å²) in [5, 5.41) is 0. The van der Waals surface area contributed by atoms with Crippen LogP contribution in [0.4, 0.5) is 5.69 Å². The zero-order valence-electron chi connectivity index (χ0n) is 11.8. The van der Waals surface area contributed by atoms with Crippen molar-refractivity contribution in [3.8, 4) is 0 Å². The minimum atomic E-state index is 0.146. The van der Waals surface area contributed by atoms with E-state index in [1.165, 1.54) is 11.1 Å². The molecule has 4 heteroatoms. The fourth-order valence-corrected chi connectivity index (χ4v) is 2.94. The van der Waals surface area contributed by atoms with E-state index in [1.807, 2.05) is 18.2 Å². The van der Waals surface area contributed by atoms with Crippen LogP contribution in [0.5, 0.6) is 0 Å². The van der Waals surface area contributed by atoms with Gasteiger partial charge in [-0.05, 0) is 35.4 Å². The van der Waals surface area contributed by atoms with Crippen molar-refractivity contribution in [1.29, 1.82) is 0 Å². The number of rotatable bonds is 3. The fourth-order valence-electron chi connectivity index (χ4n) is 2.67. The number of halogens is 1. The normalized spacial score (nSPS) is 19.6. The van der Waals surface area contributed by atoms with Gasteiger partial charge in [-0.15, -0.1) is 0 Å². The molecule has 0 spiro atoms. The molecule has 1 aliphatic rings. The van der Waals surface area contributed by atoms with Crippen LogP contribution in [0.25, 0.3) is 0 Å². The Morgan fingerprint density at radius 2 is 2.00 bits per heavy atom. The lowest BCUT2D eigenvalue weighted by molar-refractivity contribution is -0.0329. The van der Waals surface area contributed by atoms with E-state index in [1.54, 1.807) is 0 Å². The van der Waals surface area contributed by atoms with Gasteiger partial charge in [-0.2, -0.15) is 0 Å². The molecule has 1 heterocycles. The number of nitrogens with two attached hydrogens (primary N) is 1. The molecule has 1 unspecified atom stereocenters. The quantitative estimate of drug-likeness (QED) is 0.863. The Labute approximate surface area is 133 Å². The van der Waals surface area contributed by atoms with E-state index in [0.29, 0.717) is 0 Å². The summed E-state index contributed by atoms with van der Waals surface area (Å²) >= 11 is 3.47. The molecule has 1 atom stereocenters. The summed E-state index contributed by atoms with van der Waals surface area (Å²) in [4.78, 5) is 2.42. The van der Waals surface area contributed by atoms with Crippen LogP contribution in [0.2, 0.25) is 0 Å². The van der Waals surface area contributed by atoms with E-state index >= 15 is 0 Å². The lowest BCUT2D eigenvalue weighted by Crippen LogP contribution is -2.37.